The van der Waals surface area contributed by atoms with E-state index >= 15 is 0 Å². The van der Waals surface area contributed by atoms with Gasteiger partial charge in [-0.2, -0.15) is 5.10 Å². The number of nitrogens with zero attached hydrogens (tertiary/aromatic N) is 2. The molecule has 3 aromatic rings. The van der Waals surface area contributed by atoms with Gasteiger partial charge in [0.05, 0.1) is 11.9 Å². The van der Waals surface area contributed by atoms with E-state index in [4.69, 9.17) is 23.2 Å². The molecule has 0 aromatic heterocycles. The first-order valence-corrected chi connectivity index (χ1v) is 9.63. The fourth-order valence-corrected chi connectivity index (χ4v) is 3.39. The average Bonchev–Trinajstić information content (AvgIpc) is 2.67. The maximum atomic E-state index is 12.1. The zero-order valence-corrected chi connectivity index (χ0v) is 17.2. The van der Waals surface area contributed by atoms with E-state index in [1.54, 1.807) is 18.3 Å². The van der Waals surface area contributed by atoms with E-state index in [0.29, 0.717) is 22.2 Å². The third-order valence-corrected chi connectivity index (χ3v) is 4.97. The molecule has 0 saturated heterocycles. The van der Waals surface area contributed by atoms with Crippen molar-refractivity contribution in [2.45, 2.75) is 20.3 Å². The van der Waals surface area contributed by atoms with E-state index in [9.17, 15) is 4.79 Å². The molecule has 28 heavy (non-hydrogen) atoms. The van der Waals surface area contributed by atoms with Crippen LogP contribution in [0.4, 0.5) is 5.69 Å². The Balaban J connectivity index is 1.89. The highest BCUT2D eigenvalue weighted by Crippen LogP contribution is 2.33. The van der Waals surface area contributed by atoms with Gasteiger partial charge >= 0.3 is 0 Å². The van der Waals surface area contributed by atoms with Crippen LogP contribution in [-0.4, -0.2) is 12.1 Å². The third-order valence-electron chi connectivity index (χ3n) is 4.29. The summed E-state index contributed by atoms with van der Waals surface area (Å²) in [6.07, 6.45) is 2.25. The first-order valence-electron chi connectivity index (χ1n) is 8.87. The normalized spacial score (nSPS) is 11.0. The van der Waals surface area contributed by atoms with Gasteiger partial charge in [0.25, 0.3) is 0 Å². The Morgan fingerprint density at radius 1 is 1.00 bits per heavy atom. The summed E-state index contributed by atoms with van der Waals surface area (Å²) in [6.45, 7) is 3.50. The van der Waals surface area contributed by atoms with Crippen molar-refractivity contribution in [2.24, 2.45) is 5.10 Å². The van der Waals surface area contributed by atoms with Gasteiger partial charge < -0.3 is 0 Å². The zero-order valence-electron chi connectivity index (χ0n) is 15.7. The van der Waals surface area contributed by atoms with Gasteiger partial charge in [-0.3, -0.25) is 4.79 Å². The fraction of sp³-hybridized carbons (Fsp3) is 0.130. The topological polar surface area (TPSA) is 32.7 Å². The summed E-state index contributed by atoms with van der Waals surface area (Å²) >= 11 is 13.0. The summed E-state index contributed by atoms with van der Waals surface area (Å²) in [4.78, 5) is 12.1. The van der Waals surface area contributed by atoms with Crippen LogP contribution < -0.4 is 5.01 Å². The van der Waals surface area contributed by atoms with Crippen LogP contribution in [0.3, 0.4) is 0 Å². The molecule has 0 atom stereocenters. The Morgan fingerprint density at radius 2 is 1.61 bits per heavy atom. The third kappa shape index (κ3) is 5.00. The average molecular weight is 411 g/mol. The number of rotatable bonds is 5. The zero-order chi connectivity index (χ0) is 20.1. The molecule has 5 heteroatoms. The van der Waals surface area contributed by atoms with Crippen LogP contribution >= 0.6 is 23.2 Å². The minimum atomic E-state index is -0.231. The van der Waals surface area contributed by atoms with Crippen LogP contribution in [0.15, 0.2) is 71.8 Å². The molecule has 3 nitrogen and oxygen atoms in total. The van der Waals surface area contributed by atoms with E-state index in [1.165, 1.54) is 17.5 Å². The summed E-state index contributed by atoms with van der Waals surface area (Å²) in [5.74, 6) is -0.231. The Hall–Kier alpha value is -2.62. The number of hydrogen-bond donors (Lipinski definition) is 0. The Kier molecular flexibility index (Phi) is 6.50. The van der Waals surface area contributed by atoms with E-state index < -0.39 is 0 Å². The molecule has 0 aliphatic heterocycles. The number of hydrogen-bond acceptors (Lipinski definition) is 2. The van der Waals surface area contributed by atoms with Crippen LogP contribution in [-0.2, 0) is 11.2 Å². The molecule has 3 aromatic carbocycles. The second kappa shape index (κ2) is 9.05. The number of anilines is 1. The van der Waals surface area contributed by atoms with Crippen molar-refractivity contribution in [1.82, 2.24) is 0 Å². The summed E-state index contributed by atoms with van der Waals surface area (Å²) < 4.78 is 0. The molecule has 142 valence electrons. The van der Waals surface area contributed by atoms with Gasteiger partial charge in [-0.25, -0.2) is 5.01 Å². The molecular weight excluding hydrogens is 391 g/mol. The minimum Gasteiger partial charge on any atom is -0.273 e. The van der Waals surface area contributed by atoms with E-state index in [0.717, 1.165) is 16.7 Å². The number of amides is 1. The van der Waals surface area contributed by atoms with Crippen LogP contribution in [0.2, 0.25) is 10.0 Å². The molecule has 0 spiro atoms. The minimum absolute atomic E-state index is 0.231. The smallest absolute Gasteiger partial charge is 0.244 e. The van der Waals surface area contributed by atoms with E-state index in [2.05, 4.69) is 29.4 Å². The van der Waals surface area contributed by atoms with Gasteiger partial charge in [-0.05, 0) is 35.7 Å². The van der Waals surface area contributed by atoms with Crippen molar-refractivity contribution < 1.29 is 4.79 Å². The maximum absolute atomic E-state index is 12.1. The monoisotopic (exact) mass is 410 g/mol. The molecule has 1 amide bonds. The lowest BCUT2D eigenvalue weighted by Gasteiger charge is -2.17. The van der Waals surface area contributed by atoms with Crippen LogP contribution in [0, 0.1) is 6.92 Å². The van der Waals surface area contributed by atoms with Gasteiger partial charge in [-0.15, -0.1) is 0 Å². The molecule has 0 N–H and O–H groups in total. The molecule has 0 saturated carbocycles. The van der Waals surface area contributed by atoms with Gasteiger partial charge in [0, 0.05) is 23.4 Å². The van der Waals surface area contributed by atoms with Crippen molar-refractivity contribution in [3.8, 4) is 0 Å². The Morgan fingerprint density at radius 3 is 2.18 bits per heavy atom. The van der Waals surface area contributed by atoms with Crippen LogP contribution in [0.5, 0.6) is 0 Å². The molecular formula is C23H20Cl2N2O. The van der Waals surface area contributed by atoms with Gasteiger partial charge in [0.15, 0.2) is 0 Å². The van der Waals surface area contributed by atoms with Crippen molar-refractivity contribution in [2.75, 3.05) is 5.01 Å². The molecule has 0 heterocycles. The molecule has 0 unspecified atom stereocenters. The number of carbonyl (C=O) groups excluding carboxylic acids is 1. The summed E-state index contributed by atoms with van der Waals surface area (Å²) in [5.41, 5.74) is 4.56. The molecule has 0 aliphatic carbocycles. The molecule has 0 fully saturated rings. The number of carbonyl (C=O) groups is 1. The summed E-state index contributed by atoms with van der Waals surface area (Å²) in [5, 5.41) is 6.61. The van der Waals surface area contributed by atoms with Crippen molar-refractivity contribution in [3.63, 3.8) is 0 Å². The van der Waals surface area contributed by atoms with Gasteiger partial charge in [0.1, 0.15) is 0 Å². The second-order valence-electron chi connectivity index (χ2n) is 6.54. The lowest BCUT2D eigenvalue weighted by molar-refractivity contribution is -0.116. The largest absolute Gasteiger partial charge is 0.273 e. The predicted octanol–water partition coefficient (Wildman–Crippen LogP) is 6.28. The summed E-state index contributed by atoms with van der Waals surface area (Å²) in [7, 11) is 0. The standard InChI is InChI=1S/C23H20Cl2N2O/c1-16-8-10-18(11-9-16)12-21-22(24)13-20(14-23(21)25)27(17(2)28)26-15-19-6-4-3-5-7-19/h3-11,13-15H,12H2,1-2H3/b26-15+. The van der Waals surface area contributed by atoms with Crippen molar-refractivity contribution in [1.29, 1.82) is 0 Å². The van der Waals surface area contributed by atoms with E-state index in [1.807, 2.05) is 37.3 Å². The predicted molar refractivity (Wildman–Crippen MR) is 118 cm³/mol. The Labute approximate surface area is 175 Å². The lowest BCUT2D eigenvalue weighted by Crippen LogP contribution is -2.22. The number of aryl methyl sites for hydroxylation is 1. The summed E-state index contributed by atoms with van der Waals surface area (Å²) in [6, 6.07) is 21.2. The first-order chi connectivity index (χ1) is 13.4. The highest BCUT2D eigenvalue weighted by Gasteiger charge is 2.16. The molecule has 3 rings (SSSR count). The fourth-order valence-electron chi connectivity index (χ4n) is 2.78. The number of hydrazone groups is 1. The van der Waals surface area contributed by atoms with E-state index in [-0.39, 0.29) is 5.91 Å². The van der Waals surface area contributed by atoms with Crippen LogP contribution in [0.25, 0.3) is 0 Å². The van der Waals surface area contributed by atoms with Gasteiger partial charge in [-0.1, -0.05) is 83.4 Å². The molecule has 0 bridgehead atoms. The molecule has 0 radical (unpaired) electrons. The number of halogens is 2. The quantitative estimate of drug-likeness (QED) is 0.359. The highest BCUT2D eigenvalue weighted by molar-refractivity contribution is 6.36. The van der Waals surface area contributed by atoms with Crippen molar-refractivity contribution in [3.05, 3.63) is 99.0 Å². The van der Waals surface area contributed by atoms with Gasteiger partial charge in [0.2, 0.25) is 5.91 Å². The lowest BCUT2D eigenvalue weighted by atomic mass is 10.0. The van der Waals surface area contributed by atoms with Crippen LogP contribution in [0.1, 0.15) is 29.2 Å². The first kappa shape index (κ1) is 20.1. The van der Waals surface area contributed by atoms with Crippen molar-refractivity contribution >= 4 is 41.0 Å². The SMILES string of the molecule is CC(=O)N(/N=C/c1ccccc1)c1cc(Cl)c(Cc2ccc(C)cc2)c(Cl)c1. The highest BCUT2D eigenvalue weighted by atomic mass is 35.5. The second-order valence-corrected chi connectivity index (χ2v) is 7.35. The maximum Gasteiger partial charge on any atom is 0.244 e. The Bertz CT molecular complexity index is 976. The number of benzene rings is 3. The molecule has 0 aliphatic rings.